The van der Waals surface area contributed by atoms with Crippen LogP contribution in [-0.2, 0) is 11.2 Å². The molecule has 2 aromatic carbocycles. The highest BCUT2D eigenvalue weighted by Crippen LogP contribution is 2.22. The van der Waals surface area contributed by atoms with Gasteiger partial charge in [0.25, 0.3) is 0 Å². The predicted molar refractivity (Wildman–Crippen MR) is 119 cm³/mol. The number of nitrogens with one attached hydrogen (secondary N) is 1. The summed E-state index contributed by atoms with van der Waals surface area (Å²) in [4.78, 5) is 16.6. The van der Waals surface area contributed by atoms with Crippen molar-refractivity contribution in [3.8, 4) is 0 Å². The molecule has 1 amide bonds. The van der Waals surface area contributed by atoms with Gasteiger partial charge in [0, 0.05) is 25.0 Å². The molecule has 1 N–H and O–H groups in total. The van der Waals surface area contributed by atoms with Crippen LogP contribution in [0.5, 0.6) is 0 Å². The summed E-state index contributed by atoms with van der Waals surface area (Å²) < 4.78 is 0. The maximum atomic E-state index is 12.5. The number of hydrogen-bond donors (Lipinski definition) is 1. The van der Waals surface area contributed by atoms with E-state index in [1.165, 1.54) is 12.0 Å². The third-order valence-electron chi connectivity index (χ3n) is 4.86. The Kier molecular flexibility index (Phi) is 8.21. The molecule has 0 spiro atoms. The van der Waals surface area contributed by atoms with Crippen LogP contribution < -0.4 is 5.32 Å². The lowest BCUT2D eigenvalue weighted by molar-refractivity contribution is -0.116. The zero-order chi connectivity index (χ0) is 20.2. The molecule has 0 saturated carbocycles. The van der Waals surface area contributed by atoms with Crippen LogP contribution in [0.1, 0.15) is 42.4 Å². The minimum Gasteiger partial charge on any atom is -0.353 e. The maximum absolute atomic E-state index is 12.5. The number of carbonyl (C=O) groups is 1. The van der Waals surface area contributed by atoms with E-state index in [0.29, 0.717) is 6.54 Å². The van der Waals surface area contributed by atoms with E-state index in [9.17, 15) is 4.79 Å². The lowest BCUT2D eigenvalue weighted by Gasteiger charge is -2.09. The molecule has 0 unspecified atom stereocenters. The zero-order valence-corrected chi connectivity index (χ0v) is 16.8. The third-order valence-corrected chi connectivity index (χ3v) is 4.86. The first-order valence-corrected chi connectivity index (χ1v) is 10.3. The standard InChI is InChI=1S/C26H28N2O/c29-26(28-19-10-2-1-5-12-22-13-11-18-27-21-22)20-25(23-14-6-3-7-15-23)24-16-8-4-9-17-24/h3-4,6-9,11,13-18,20-21H,1-2,5,10,12,19H2,(H,28,29). The van der Waals surface area contributed by atoms with E-state index < -0.39 is 0 Å². The Morgan fingerprint density at radius 2 is 1.45 bits per heavy atom. The van der Waals surface area contributed by atoms with Crippen LogP contribution in [0.15, 0.2) is 91.3 Å². The molecular formula is C26H28N2O. The van der Waals surface area contributed by atoms with Crippen LogP contribution in [-0.4, -0.2) is 17.4 Å². The molecule has 0 aliphatic heterocycles. The number of pyridine rings is 1. The van der Waals surface area contributed by atoms with E-state index in [-0.39, 0.29) is 5.91 Å². The zero-order valence-electron chi connectivity index (χ0n) is 16.8. The molecule has 0 bridgehead atoms. The van der Waals surface area contributed by atoms with Gasteiger partial charge in [-0.3, -0.25) is 9.78 Å². The summed E-state index contributed by atoms with van der Waals surface area (Å²) in [7, 11) is 0. The largest absolute Gasteiger partial charge is 0.353 e. The first-order valence-electron chi connectivity index (χ1n) is 10.3. The van der Waals surface area contributed by atoms with Gasteiger partial charge in [0.05, 0.1) is 0 Å². The van der Waals surface area contributed by atoms with Gasteiger partial charge in [-0.05, 0) is 47.6 Å². The fraction of sp³-hybridized carbons (Fsp3) is 0.231. The number of amides is 1. The summed E-state index contributed by atoms with van der Waals surface area (Å²) in [6.45, 7) is 0.707. The Morgan fingerprint density at radius 1 is 0.793 bits per heavy atom. The van der Waals surface area contributed by atoms with Gasteiger partial charge in [0.2, 0.25) is 5.91 Å². The summed E-state index contributed by atoms with van der Waals surface area (Å²) in [6.07, 6.45) is 11.0. The van der Waals surface area contributed by atoms with E-state index in [1.54, 1.807) is 6.08 Å². The summed E-state index contributed by atoms with van der Waals surface area (Å²) in [5, 5.41) is 3.04. The maximum Gasteiger partial charge on any atom is 0.244 e. The van der Waals surface area contributed by atoms with Gasteiger partial charge >= 0.3 is 0 Å². The molecular weight excluding hydrogens is 356 g/mol. The van der Waals surface area contributed by atoms with E-state index in [1.807, 2.05) is 79.1 Å². The number of rotatable bonds is 10. The SMILES string of the molecule is O=C(C=C(c1ccccc1)c1ccccc1)NCCCCCCc1cccnc1. The van der Waals surface area contributed by atoms with E-state index in [0.717, 1.165) is 42.4 Å². The first-order chi connectivity index (χ1) is 14.3. The first kappa shape index (κ1) is 20.5. The van der Waals surface area contributed by atoms with Crippen molar-refractivity contribution in [2.24, 2.45) is 0 Å². The van der Waals surface area contributed by atoms with Gasteiger partial charge < -0.3 is 5.32 Å². The summed E-state index contributed by atoms with van der Waals surface area (Å²) in [5.74, 6) is -0.0388. The second-order valence-corrected chi connectivity index (χ2v) is 7.11. The van der Waals surface area contributed by atoms with E-state index in [2.05, 4.69) is 16.4 Å². The molecule has 29 heavy (non-hydrogen) atoms. The van der Waals surface area contributed by atoms with Gasteiger partial charge in [0.1, 0.15) is 0 Å². The monoisotopic (exact) mass is 384 g/mol. The topological polar surface area (TPSA) is 42.0 Å². The molecule has 3 aromatic rings. The Hall–Kier alpha value is -3.20. The van der Waals surface area contributed by atoms with Gasteiger partial charge in [0.15, 0.2) is 0 Å². The fourth-order valence-corrected chi connectivity index (χ4v) is 3.32. The van der Waals surface area contributed by atoms with Crippen molar-refractivity contribution >= 4 is 11.5 Å². The van der Waals surface area contributed by atoms with Crippen molar-refractivity contribution in [2.45, 2.75) is 32.1 Å². The summed E-state index contributed by atoms with van der Waals surface area (Å²) in [6, 6.07) is 24.2. The minimum atomic E-state index is -0.0388. The molecule has 0 radical (unpaired) electrons. The van der Waals surface area contributed by atoms with Gasteiger partial charge in [-0.25, -0.2) is 0 Å². The van der Waals surface area contributed by atoms with Crippen molar-refractivity contribution in [3.05, 3.63) is 108 Å². The van der Waals surface area contributed by atoms with Crippen molar-refractivity contribution in [3.63, 3.8) is 0 Å². The third kappa shape index (κ3) is 7.04. The number of benzene rings is 2. The lowest BCUT2D eigenvalue weighted by Crippen LogP contribution is -2.22. The predicted octanol–water partition coefficient (Wildman–Crippen LogP) is 5.43. The van der Waals surface area contributed by atoms with Crippen molar-refractivity contribution in [1.29, 1.82) is 0 Å². The average Bonchev–Trinajstić information content (AvgIpc) is 2.79. The molecule has 0 atom stereocenters. The molecule has 3 nitrogen and oxygen atoms in total. The second-order valence-electron chi connectivity index (χ2n) is 7.11. The number of aromatic nitrogens is 1. The van der Waals surface area contributed by atoms with Crippen molar-refractivity contribution in [1.82, 2.24) is 10.3 Å². The molecule has 0 aliphatic carbocycles. The minimum absolute atomic E-state index is 0.0388. The van der Waals surface area contributed by atoms with E-state index >= 15 is 0 Å². The lowest BCUT2D eigenvalue weighted by atomic mass is 9.97. The highest BCUT2D eigenvalue weighted by atomic mass is 16.1. The Bertz CT molecular complexity index is 848. The van der Waals surface area contributed by atoms with Gasteiger partial charge in [-0.2, -0.15) is 0 Å². The number of unbranched alkanes of at least 4 members (excludes halogenated alkanes) is 3. The van der Waals surface area contributed by atoms with Crippen LogP contribution in [0.25, 0.3) is 5.57 Å². The van der Waals surface area contributed by atoms with Crippen LogP contribution in [0.3, 0.4) is 0 Å². The average molecular weight is 385 g/mol. The number of aryl methyl sites for hydroxylation is 1. The highest BCUT2D eigenvalue weighted by Gasteiger charge is 2.07. The normalized spacial score (nSPS) is 10.3. The van der Waals surface area contributed by atoms with Crippen LogP contribution in [0.4, 0.5) is 0 Å². The van der Waals surface area contributed by atoms with Crippen LogP contribution >= 0.6 is 0 Å². The number of carbonyl (C=O) groups excluding carboxylic acids is 1. The highest BCUT2D eigenvalue weighted by molar-refractivity contribution is 5.99. The van der Waals surface area contributed by atoms with Crippen molar-refractivity contribution < 1.29 is 4.79 Å². The Balaban J connectivity index is 1.45. The number of nitrogens with zero attached hydrogens (tertiary/aromatic N) is 1. The molecule has 1 heterocycles. The van der Waals surface area contributed by atoms with Gasteiger partial charge in [-0.1, -0.05) is 79.6 Å². The van der Waals surface area contributed by atoms with Gasteiger partial charge in [-0.15, -0.1) is 0 Å². The molecule has 1 aromatic heterocycles. The molecule has 0 fully saturated rings. The van der Waals surface area contributed by atoms with Crippen LogP contribution in [0, 0.1) is 0 Å². The smallest absolute Gasteiger partial charge is 0.244 e. The number of hydrogen-bond acceptors (Lipinski definition) is 2. The fourth-order valence-electron chi connectivity index (χ4n) is 3.32. The molecule has 0 aliphatic rings. The molecule has 3 rings (SSSR count). The molecule has 0 saturated heterocycles. The Morgan fingerprint density at radius 3 is 2.07 bits per heavy atom. The second kappa shape index (κ2) is 11.6. The summed E-state index contributed by atoms with van der Waals surface area (Å²) in [5.41, 5.74) is 4.33. The van der Waals surface area contributed by atoms with Crippen LogP contribution in [0.2, 0.25) is 0 Å². The Labute approximate surface area is 173 Å². The summed E-state index contributed by atoms with van der Waals surface area (Å²) >= 11 is 0. The molecule has 148 valence electrons. The molecule has 3 heteroatoms. The quantitative estimate of drug-likeness (QED) is 0.374. The van der Waals surface area contributed by atoms with Crippen molar-refractivity contribution in [2.75, 3.05) is 6.54 Å². The van der Waals surface area contributed by atoms with E-state index in [4.69, 9.17) is 0 Å².